The van der Waals surface area contributed by atoms with E-state index in [1.165, 1.54) is 32.1 Å². The molecule has 0 amide bonds. The molecular weight excluding hydrogens is 216 g/mol. The molecule has 3 heteroatoms. The molecule has 1 aliphatic carbocycles. The van der Waals surface area contributed by atoms with Crippen molar-refractivity contribution in [3.63, 3.8) is 0 Å². The van der Waals surface area contributed by atoms with Crippen molar-refractivity contribution < 1.29 is 0 Å². The molecule has 2 aliphatic rings. The van der Waals surface area contributed by atoms with E-state index in [-0.39, 0.29) is 0 Å². The molecule has 2 fully saturated rings. The molecule has 0 spiro atoms. The fourth-order valence-corrected chi connectivity index (χ4v) is 2.91. The minimum atomic E-state index is 0.405. The fraction of sp³-hybridized carbons (Fsp3) is 0.923. The Bertz CT molecular complexity index is 266. The van der Waals surface area contributed by atoms with Gasteiger partial charge in [-0.1, -0.05) is 20.8 Å². The first-order valence-electron chi connectivity index (χ1n) is 6.53. The molecule has 92 valence electrons. The highest BCUT2D eigenvalue weighted by Gasteiger charge is 2.32. The molecule has 2 nitrogen and oxygen atoms in total. The number of rotatable bonds is 2. The third-order valence-electron chi connectivity index (χ3n) is 3.39. The third kappa shape index (κ3) is 3.34. The van der Waals surface area contributed by atoms with Crippen LogP contribution in [0.4, 0.5) is 0 Å². The Labute approximate surface area is 105 Å². The van der Waals surface area contributed by atoms with Gasteiger partial charge in [0.15, 0.2) is 5.11 Å². The molecule has 0 aromatic carbocycles. The zero-order chi connectivity index (χ0) is 11.8. The molecule has 1 heterocycles. The van der Waals surface area contributed by atoms with E-state index in [1.54, 1.807) is 0 Å². The number of likely N-dealkylation sites (tertiary alicyclic amines) is 1. The molecule has 1 saturated heterocycles. The van der Waals surface area contributed by atoms with Gasteiger partial charge in [-0.25, -0.2) is 0 Å². The topological polar surface area (TPSA) is 15.3 Å². The highest BCUT2D eigenvalue weighted by Crippen LogP contribution is 2.30. The normalized spacial score (nSPS) is 25.9. The lowest BCUT2D eigenvalue weighted by Crippen LogP contribution is -2.44. The van der Waals surface area contributed by atoms with Crippen LogP contribution in [0.1, 0.15) is 52.9 Å². The van der Waals surface area contributed by atoms with Crippen molar-refractivity contribution in [3.05, 3.63) is 0 Å². The van der Waals surface area contributed by atoms with Crippen molar-refractivity contribution >= 4 is 17.3 Å². The average molecular weight is 240 g/mol. The van der Waals surface area contributed by atoms with Crippen LogP contribution >= 0.6 is 12.2 Å². The van der Waals surface area contributed by atoms with E-state index in [0.717, 1.165) is 11.7 Å². The minimum Gasteiger partial charge on any atom is -0.360 e. The van der Waals surface area contributed by atoms with Crippen LogP contribution in [-0.4, -0.2) is 28.6 Å². The zero-order valence-corrected chi connectivity index (χ0v) is 11.6. The van der Waals surface area contributed by atoms with E-state index in [4.69, 9.17) is 12.2 Å². The Balaban J connectivity index is 1.88. The maximum Gasteiger partial charge on any atom is 0.169 e. The van der Waals surface area contributed by atoms with Gasteiger partial charge in [-0.05, 0) is 49.7 Å². The summed E-state index contributed by atoms with van der Waals surface area (Å²) in [5.41, 5.74) is 0.405. The second-order valence-corrected chi connectivity index (χ2v) is 6.86. The minimum absolute atomic E-state index is 0.405. The van der Waals surface area contributed by atoms with Gasteiger partial charge in [0.2, 0.25) is 0 Å². The van der Waals surface area contributed by atoms with Gasteiger partial charge >= 0.3 is 0 Å². The van der Waals surface area contributed by atoms with E-state index in [2.05, 4.69) is 31.0 Å². The van der Waals surface area contributed by atoms with Crippen LogP contribution in [0, 0.1) is 5.41 Å². The molecule has 1 atom stereocenters. The Morgan fingerprint density at radius 2 is 2.00 bits per heavy atom. The fourth-order valence-electron chi connectivity index (χ4n) is 2.51. The van der Waals surface area contributed by atoms with Crippen LogP contribution in [0.2, 0.25) is 0 Å². The number of hydrogen-bond acceptors (Lipinski definition) is 1. The first-order chi connectivity index (χ1) is 7.46. The summed E-state index contributed by atoms with van der Waals surface area (Å²) in [6, 6.07) is 1.35. The quantitative estimate of drug-likeness (QED) is 0.747. The highest BCUT2D eigenvalue weighted by molar-refractivity contribution is 7.80. The van der Waals surface area contributed by atoms with Crippen molar-refractivity contribution in [2.45, 2.75) is 65.0 Å². The molecule has 1 saturated carbocycles. The molecule has 0 unspecified atom stereocenters. The van der Waals surface area contributed by atoms with Gasteiger partial charge in [0.05, 0.1) is 0 Å². The van der Waals surface area contributed by atoms with Crippen LogP contribution in [0.3, 0.4) is 0 Å². The number of thiocarbonyl (C=S) groups is 1. The van der Waals surface area contributed by atoms with E-state index >= 15 is 0 Å². The lowest BCUT2D eigenvalue weighted by atomic mass is 9.87. The van der Waals surface area contributed by atoms with Crippen molar-refractivity contribution in [1.29, 1.82) is 0 Å². The largest absolute Gasteiger partial charge is 0.360 e. The van der Waals surface area contributed by atoms with Gasteiger partial charge in [-0.2, -0.15) is 0 Å². The van der Waals surface area contributed by atoms with Crippen LogP contribution < -0.4 is 5.32 Å². The maximum atomic E-state index is 5.51. The number of nitrogens with one attached hydrogen (secondary N) is 1. The lowest BCUT2D eigenvalue weighted by molar-refractivity contribution is 0.259. The first kappa shape index (κ1) is 12.2. The van der Waals surface area contributed by atoms with Gasteiger partial charge in [0, 0.05) is 18.6 Å². The summed E-state index contributed by atoms with van der Waals surface area (Å²) in [7, 11) is 0. The summed E-state index contributed by atoms with van der Waals surface area (Å²) in [5.74, 6) is 0. The van der Waals surface area contributed by atoms with E-state index in [1.807, 2.05) is 0 Å². The zero-order valence-electron chi connectivity index (χ0n) is 10.8. The van der Waals surface area contributed by atoms with E-state index in [0.29, 0.717) is 17.5 Å². The molecular formula is C13H24N2S. The van der Waals surface area contributed by atoms with Crippen molar-refractivity contribution in [3.8, 4) is 0 Å². The van der Waals surface area contributed by atoms with Gasteiger partial charge in [0.25, 0.3) is 0 Å². The summed E-state index contributed by atoms with van der Waals surface area (Å²) in [5, 5.41) is 4.48. The van der Waals surface area contributed by atoms with E-state index < -0.39 is 0 Å². The summed E-state index contributed by atoms with van der Waals surface area (Å²) >= 11 is 5.51. The Morgan fingerprint density at radius 3 is 2.56 bits per heavy atom. The molecule has 2 rings (SSSR count). The summed E-state index contributed by atoms with van der Waals surface area (Å²) in [6.07, 6.45) is 6.46. The van der Waals surface area contributed by atoms with Gasteiger partial charge in [-0.15, -0.1) is 0 Å². The van der Waals surface area contributed by atoms with Gasteiger partial charge in [0.1, 0.15) is 0 Å². The molecule has 0 aromatic heterocycles. The predicted octanol–water partition coefficient (Wildman–Crippen LogP) is 2.92. The monoisotopic (exact) mass is 240 g/mol. The summed E-state index contributed by atoms with van der Waals surface area (Å²) in [6.45, 7) is 8.11. The van der Waals surface area contributed by atoms with Crippen LogP contribution in [-0.2, 0) is 0 Å². The van der Waals surface area contributed by atoms with E-state index in [9.17, 15) is 0 Å². The summed E-state index contributed by atoms with van der Waals surface area (Å²) in [4.78, 5) is 2.43. The molecule has 16 heavy (non-hydrogen) atoms. The highest BCUT2D eigenvalue weighted by atomic mass is 32.1. The van der Waals surface area contributed by atoms with Crippen molar-refractivity contribution in [2.24, 2.45) is 5.41 Å². The Kier molecular flexibility index (Phi) is 3.43. The van der Waals surface area contributed by atoms with Crippen LogP contribution in [0.25, 0.3) is 0 Å². The summed E-state index contributed by atoms with van der Waals surface area (Å²) < 4.78 is 0. The smallest absolute Gasteiger partial charge is 0.169 e. The second kappa shape index (κ2) is 4.52. The van der Waals surface area contributed by atoms with Crippen molar-refractivity contribution in [1.82, 2.24) is 10.2 Å². The number of nitrogens with zero attached hydrogens (tertiary/aromatic N) is 1. The lowest BCUT2D eigenvalue weighted by Gasteiger charge is -2.32. The van der Waals surface area contributed by atoms with Crippen LogP contribution in [0.5, 0.6) is 0 Å². The standard InChI is InChI=1S/C13H24N2S/c1-13(2,3)9-11-5-4-8-15(11)12(16)14-10-6-7-10/h10-11H,4-9H2,1-3H3,(H,14,16)/t11-/m0/s1. The molecule has 0 radical (unpaired) electrons. The van der Waals surface area contributed by atoms with Crippen molar-refractivity contribution in [2.75, 3.05) is 6.54 Å². The first-order valence-corrected chi connectivity index (χ1v) is 6.94. The maximum absolute atomic E-state index is 5.51. The van der Waals surface area contributed by atoms with Gasteiger partial charge in [-0.3, -0.25) is 0 Å². The number of hydrogen-bond donors (Lipinski definition) is 1. The second-order valence-electron chi connectivity index (χ2n) is 6.48. The van der Waals surface area contributed by atoms with Gasteiger partial charge < -0.3 is 10.2 Å². The molecule has 1 N–H and O–H groups in total. The predicted molar refractivity (Wildman–Crippen MR) is 72.6 cm³/mol. The molecule has 0 aromatic rings. The van der Waals surface area contributed by atoms with Crippen LogP contribution in [0.15, 0.2) is 0 Å². The molecule has 0 bridgehead atoms. The third-order valence-corrected chi connectivity index (χ3v) is 3.74. The average Bonchev–Trinajstić information content (AvgIpc) is 2.82. The molecule has 1 aliphatic heterocycles. The Hall–Kier alpha value is -0.310. The SMILES string of the molecule is CC(C)(C)C[C@@H]1CCCN1C(=S)NC1CC1. The Morgan fingerprint density at radius 1 is 1.31 bits per heavy atom.